The third kappa shape index (κ3) is 3.86. The summed E-state index contributed by atoms with van der Waals surface area (Å²) in [5, 5.41) is 6.53. The number of benzene rings is 1. The summed E-state index contributed by atoms with van der Waals surface area (Å²) >= 11 is 1.53. The van der Waals surface area contributed by atoms with Gasteiger partial charge in [0, 0.05) is 17.0 Å². The molecule has 0 fully saturated rings. The van der Waals surface area contributed by atoms with Crippen LogP contribution in [0.1, 0.15) is 11.3 Å². The smallest absolute Gasteiger partial charge is 0.206 e. The van der Waals surface area contributed by atoms with E-state index in [1.165, 1.54) is 11.3 Å². The van der Waals surface area contributed by atoms with Crippen molar-refractivity contribution in [3.63, 3.8) is 0 Å². The van der Waals surface area contributed by atoms with Crippen molar-refractivity contribution in [3.05, 3.63) is 46.2 Å². The minimum absolute atomic E-state index is 0.551. The van der Waals surface area contributed by atoms with Crippen molar-refractivity contribution in [1.29, 1.82) is 0 Å². The molecule has 0 N–H and O–H groups in total. The predicted octanol–water partition coefficient (Wildman–Crippen LogP) is 2.85. The Bertz CT molecular complexity index is 806. The van der Waals surface area contributed by atoms with E-state index in [2.05, 4.69) is 16.7 Å². The highest BCUT2D eigenvalue weighted by molar-refractivity contribution is 7.07. The molecule has 1 aromatic heterocycles. The SMILES string of the molecule is C=CCN=c1scc(C)n1N=Cc1cc(OC)c(OC)cc1OC. The van der Waals surface area contributed by atoms with E-state index in [0.29, 0.717) is 23.8 Å². The van der Waals surface area contributed by atoms with Gasteiger partial charge in [0.1, 0.15) is 5.75 Å². The zero-order chi connectivity index (χ0) is 17.5. The van der Waals surface area contributed by atoms with E-state index in [-0.39, 0.29) is 0 Å². The van der Waals surface area contributed by atoms with E-state index in [4.69, 9.17) is 14.2 Å². The first-order chi connectivity index (χ1) is 11.6. The summed E-state index contributed by atoms with van der Waals surface area (Å²) < 4.78 is 17.8. The summed E-state index contributed by atoms with van der Waals surface area (Å²) in [5.41, 5.74) is 1.78. The van der Waals surface area contributed by atoms with Crippen molar-refractivity contribution < 1.29 is 14.2 Å². The van der Waals surface area contributed by atoms with Gasteiger partial charge < -0.3 is 14.2 Å². The van der Waals surface area contributed by atoms with Crippen LogP contribution in [-0.4, -0.2) is 38.8 Å². The van der Waals surface area contributed by atoms with E-state index in [0.717, 1.165) is 16.1 Å². The van der Waals surface area contributed by atoms with E-state index in [9.17, 15) is 0 Å². The molecule has 24 heavy (non-hydrogen) atoms. The Balaban J connectivity index is 2.46. The predicted molar refractivity (Wildman–Crippen MR) is 96.8 cm³/mol. The van der Waals surface area contributed by atoms with E-state index in [1.807, 2.05) is 18.4 Å². The van der Waals surface area contributed by atoms with E-state index < -0.39 is 0 Å². The van der Waals surface area contributed by atoms with Crippen LogP contribution in [0.3, 0.4) is 0 Å². The molecule has 0 bridgehead atoms. The first-order valence-corrected chi connectivity index (χ1v) is 8.15. The molecule has 0 saturated carbocycles. The van der Waals surface area contributed by atoms with Crippen LogP contribution in [0.5, 0.6) is 17.2 Å². The summed E-state index contributed by atoms with van der Waals surface area (Å²) in [6, 6.07) is 3.60. The lowest BCUT2D eigenvalue weighted by Crippen LogP contribution is -2.12. The monoisotopic (exact) mass is 347 g/mol. The average Bonchev–Trinajstić information content (AvgIpc) is 2.96. The number of hydrogen-bond donors (Lipinski definition) is 0. The second kappa shape index (κ2) is 8.35. The summed E-state index contributed by atoms with van der Waals surface area (Å²) in [5.74, 6) is 1.87. The number of ether oxygens (including phenoxy) is 3. The molecule has 0 aliphatic carbocycles. The second-order valence-corrected chi connectivity index (χ2v) is 5.63. The lowest BCUT2D eigenvalue weighted by molar-refractivity contribution is 0.349. The van der Waals surface area contributed by atoms with Gasteiger partial charge in [-0.25, -0.2) is 4.68 Å². The fourth-order valence-electron chi connectivity index (χ4n) is 2.05. The first-order valence-electron chi connectivity index (χ1n) is 7.27. The maximum absolute atomic E-state index is 5.41. The zero-order valence-electron chi connectivity index (χ0n) is 14.3. The first kappa shape index (κ1) is 17.8. The minimum atomic E-state index is 0.551. The van der Waals surface area contributed by atoms with Gasteiger partial charge in [0.05, 0.1) is 39.8 Å². The van der Waals surface area contributed by atoms with Crippen LogP contribution in [-0.2, 0) is 0 Å². The maximum Gasteiger partial charge on any atom is 0.206 e. The van der Waals surface area contributed by atoms with Gasteiger partial charge in [-0.05, 0) is 13.0 Å². The third-order valence-electron chi connectivity index (χ3n) is 3.25. The summed E-state index contributed by atoms with van der Waals surface area (Å²) in [6.45, 7) is 6.21. The molecule has 128 valence electrons. The molecule has 0 spiro atoms. The van der Waals surface area contributed by atoms with Crippen molar-refractivity contribution in [1.82, 2.24) is 4.68 Å². The largest absolute Gasteiger partial charge is 0.496 e. The van der Waals surface area contributed by atoms with Crippen LogP contribution in [0.4, 0.5) is 0 Å². The Morgan fingerprint density at radius 3 is 2.42 bits per heavy atom. The number of aryl methyl sites for hydroxylation is 1. The fraction of sp³-hybridized carbons (Fsp3) is 0.294. The number of hydrogen-bond acceptors (Lipinski definition) is 6. The molecule has 0 radical (unpaired) electrons. The van der Waals surface area contributed by atoms with Gasteiger partial charge in [0.15, 0.2) is 11.5 Å². The number of rotatable bonds is 7. The summed E-state index contributed by atoms with van der Waals surface area (Å²) in [4.78, 5) is 5.24. The average molecular weight is 347 g/mol. The standard InChI is InChI=1S/C17H21N3O3S/c1-6-7-18-17-20(12(2)11-24-17)19-10-13-8-15(22-4)16(23-5)9-14(13)21-3/h6,8-11H,1,7H2,2-5H3. The Hall–Kier alpha value is -2.54. The molecule has 6 nitrogen and oxygen atoms in total. The van der Waals surface area contributed by atoms with Gasteiger partial charge in [0.25, 0.3) is 0 Å². The van der Waals surface area contributed by atoms with Crippen LogP contribution < -0.4 is 19.0 Å². The van der Waals surface area contributed by atoms with Crippen molar-refractivity contribution in [2.75, 3.05) is 27.9 Å². The van der Waals surface area contributed by atoms with E-state index >= 15 is 0 Å². The lowest BCUT2D eigenvalue weighted by Gasteiger charge is -2.11. The van der Waals surface area contributed by atoms with Crippen molar-refractivity contribution in [2.45, 2.75) is 6.92 Å². The Labute approximate surface area is 145 Å². The quantitative estimate of drug-likeness (QED) is 0.572. The molecule has 1 aromatic carbocycles. The van der Waals surface area contributed by atoms with Crippen LogP contribution in [0.25, 0.3) is 0 Å². The highest BCUT2D eigenvalue weighted by Gasteiger charge is 2.10. The number of aromatic nitrogens is 1. The van der Waals surface area contributed by atoms with Crippen molar-refractivity contribution in [3.8, 4) is 17.2 Å². The molecule has 0 unspecified atom stereocenters. The van der Waals surface area contributed by atoms with Gasteiger partial charge in [-0.1, -0.05) is 6.08 Å². The van der Waals surface area contributed by atoms with Gasteiger partial charge in [-0.2, -0.15) is 5.10 Å². The molecule has 0 atom stereocenters. The van der Waals surface area contributed by atoms with Gasteiger partial charge >= 0.3 is 0 Å². The van der Waals surface area contributed by atoms with Gasteiger partial charge in [-0.15, -0.1) is 17.9 Å². The fourth-order valence-corrected chi connectivity index (χ4v) is 2.87. The lowest BCUT2D eigenvalue weighted by atomic mass is 10.2. The van der Waals surface area contributed by atoms with Crippen LogP contribution >= 0.6 is 11.3 Å². The van der Waals surface area contributed by atoms with Crippen LogP contribution in [0.2, 0.25) is 0 Å². The normalized spacial score (nSPS) is 11.8. The molecular formula is C17H21N3O3S. The van der Waals surface area contributed by atoms with Crippen molar-refractivity contribution >= 4 is 17.6 Å². The molecule has 0 amide bonds. The number of methoxy groups -OCH3 is 3. The van der Waals surface area contributed by atoms with Gasteiger partial charge in [-0.3, -0.25) is 4.99 Å². The zero-order valence-corrected chi connectivity index (χ0v) is 15.1. The highest BCUT2D eigenvalue weighted by atomic mass is 32.1. The van der Waals surface area contributed by atoms with Gasteiger partial charge in [0.2, 0.25) is 4.80 Å². The summed E-state index contributed by atoms with van der Waals surface area (Å²) in [7, 11) is 4.78. The van der Waals surface area contributed by atoms with E-state index in [1.54, 1.807) is 44.4 Å². The molecule has 7 heteroatoms. The maximum atomic E-state index is 5.41. The number of thiazole rings is 1. The topological polar surface area (TPSA) is 57.3 Å². The third-order valence-corrected chi connectivity index (χ3v) is 4.23. The second-order valence-electron chi connectivity index (χ2n) is 4.79. The summed E-state index contributed by atoms with van der Waals surface area (Å²) in [6.07, 6.45) is 3.47. The molecule has 2 aromatic rings. The molecule has 0 saturated heterocycles. The molecular weight excluding hydrogens is 326 g/mol. The molecule has 0 aliphatic heterocycles. The molecule has 1 heterocycles. The molecule has 2 rings (SSSR count). The Morgan fingerprint density at radius 2 is 1.79 bits per heavy atom. The molecule has 0 aliphatic rings. The Morgan fingerprint density at radius 1 is 1.12 bits per heavy atom. The van der Waals surface area contributed by atoms with Crippen molar-refractivity contribution in [2.24, 2.45) is 10.1 Å². The Kier molecular flexibility index (Phi) is 6.20. The minimum Gasteiger partial charge on any atom is -0.496 e. The number of nitrogens with zero attached hydrogens (tertiary/aromatic N) is 3. The van der Waals surface area contributed by atoms with Crippen LogP contribution in [0, 0.1) is 6.92 Å². The highest BCUT2D eigenvalue weighted by Crippen LogP contribution is 2.33. The van der Waals surface area contributed by atoms with Crippen LogP contribution in [0.15, 0.2) is 40.3 Å².